The minimum Gasteiger partial charge on any atom is -0.375 e. The molecule has 2 heterocycles. The molecule has 3 aromatic rings. The summed E-state index contributed by atoms with van der Waals surface area (Å²) in [6.45, 7) is 4.41. The van der Waals surface area contributed by atoms with Crippen LogP contribution in [-0.2, 0) is 6.42 Å². The maximum atomic E-state index is 12.5. The quantitative estimate of drug-likeness (QED) is 0.757. The SMILES string of the molecule is Cc1cc(C(=O)NCCN2CCc3ccccc32)cc2sc(N)nc12. The van der Waals surface area contributed by atoms with Crippen molar-refractivity contribution in [2.75, 3.05) is 30.3 Å². The maximum Gasteiger partial charge on any atom is 0.251 e. The summed E-state index contributed by atoms with van der Waals surface area (Å²) in [5.74, 6) is -0.0514. The van der Waals surface area contributed by atoms with Crippen molar-refractivity contribution in [1.29, 1.82) is 0 Å². The van der Waals surface area contributed by atoms with E-state index in [2.05, 4.69) is 39.5 Å². The number of benzene rings is 2. The van der Waals surface area contributed by atoms with E-state index in [9.17, 15) is 4.79 Å². The van der Waals surface area contributed by atoms with E-state index in [4.69, 9.17) is 5.73 Å². The van der Waals surface area contributed by atoms with Crippen LogP contribution in [0.25, 0.3) is 10.2 Å². The second-order valence-electron chi connectivity index (χ2n) is 6.31. The molecule has 0 spiro atoms. The lowest BCUT2D eigenvalue weighted by Gasteiger charge is -2.19. The number of rotatable bonds is 4. The number of nitrogens with two attached hydrogens (primary N) is 1. The lowest BCUT2D eigenvalue weighted by atomic mass is 10.1. The van der Waals surface area contributed by atoms with Gasteiger partial charge in [-0.05, 0) is 42.7 Å². The molecule has 4 rings (SSSR count). The molecule has 1 aliphatic rings. The van der Waals surface area contributed by atoms with Gasteiger partial charge in [0.15, 0.2) is 5.13 Å². The van der Waals surface area contributed by atoms with E-state index in [-0.39, 0.29) is 5.91 Å². The van der Waals surface area contributed by atoms with Crippen LogP contribution >= 0.6 is 11.3 Å². The molecule has 1 aliphatic heterocycles. The monoisotopic (exact) mass is 352 g/mol. The van der Waals surface area contributed by atoms with Crippen molar-refractivity contribution < 1.29 is 4.79 Å². The number of nitrogens with zero attached hydrogens (tertiary/aromatic N) is 2. The molecule has 3 N–H and O–H groups in total. The molecule has 25 heavy (non-hydrogen) atoms. The number of thiazole rings is 1. The number of nitrogen functional groups attached to an aromatic ring is 1. The van der Waals surface area contributed by atoms with Crippen LogP contribution in [0.4, 0.5) is 10.8 Å². The number of fused-ring (bicyclic) bond motifs is 2. The van der Waals surface area contributed by atoms with E-state index in [1.807, 2.05) is 19.1 Å². The Hall–Kier alpha value is -2.60. The number of carbonyl (C=O) groups is 1. The fourth-order valence-corrected chi connectivity index (χ4v) is 4.24. The molecule has 1 amide bonds. The summed E-state index contributed by atoms with van der Waals surface area (Å²) in [4.78, 5) is 19.1. The van der Waals surface area contributed by atoms with Crippen LogP contribution in [-0.4, -0.2) is 30.5 Å². The standard InChI is InChI=1S/C19H20N4OS/c1-12-10-14(11-16-17(12)22-19(20)25-16)18(24)21-7-9-23-8-6-13-4-2-3-5-15(13)23/h2-5,10-11H,6-9H2,1H3,(H2,20,22)(H,21,24). The Morgan fingerprint density at radius 2 is 2.20 bits per heavy atom. The highest BCUT2D eigenvalue weighted by Crippen LogP contribution is 2.28. The van der Waals surface area contributed by atoms with Gasteiger partial charge in [-0.1, -0.05) is 29.5 Å². The zero-order valence-electron chi connectivity index (χ0n) is 14.1. The predicted molar refractivity (Wildman–Crippen MR) is 103 cm³/mol. The van der Waals surface area contributed by atoms with E-state index in [1.54, 1.807) is 0 Å². The molecule has 0 atom stereocenters. The molecule has 0 fully saturated rings. The van der Waals surface area contributed by atoms with Gasteiger partial charge in [-0.15, -0.1) is 0 Å². The Kier molecular flexibility index (Phi) is 4.05. The van der Waals surface area contributed by atoms with Gasteiger partial charge < -0.3 is 16.0 Å². The van der Waals surface area contributed by atoms with E-state index in [0.29, 0.717) is 17.2 Å². The van der Waals surface area contributed by atoms with Gasteiger partial charge in [0, 0.05) is 30.9 Å². The molecular formula is C19H20N4OS. The van der Waals surface area contributed by atoms with Crippen LogP contribution in [0.3, 0.4) is 0 Å². The van der Waals surface area contributed by atoms with E-state index in [1.165, 1.54) is 22.6 Å². The molecule has 0 saturated carbocycles. The van der Waals surface area contributed by atoms with E-state index >= 15 is 0 Å². The third-order valence-corrected chi connectivity index (χ3v) is 5.45. The van der Waals surface area contributed by atoms with Gasteiger partial charge in [0.2, 0.25) is 0 Å². The van der Waals surface area contributed by atoms with Gasteiger partial charge in [0.25, 0.3) is 5.91 Å². The highest BCUT2D eigenvalue weighted by atomic mass is 32.1. The molecule has 6 heteroatoms. The van der Waals surface area contributed by atoms with Crippen molar-refractivity contribution in [3.63, 3.8) is 0 Å². The van der Waals surface area contributed by atoms with Gasteiger partial charge in [-0.2, -0.15) is 0 Å². The summed E-state index contributed by atoms with van der Waals surface area (Å²) < 4.78 is 0.955. The number of para-hydroxylation sites is 1. The van der Waals surface area contributed by atoms with Crippen LogP contribution in [0.15, 0.2) is 36.4 Å². The van der Waals surface area contributed by atoms with Crippen molar-refractivity contribution in [3.05, 3.63) is 53.1 Å². The first-order valence-corrected chi connectivity index (χ1v) is 9.21. The summed E-state index contributed by atoms with van der Waals surface area (Å²) >= 11 is 1.41. The largest absolute Gasteiger partial charge is 0.375 e. The first-order chi connectivity index (χ1) is 12.1. The average Bonchev–Trinajstić information content (AvgIpc) is 3.18. The van der Waals surface area contributed by atoms with Crippen molar-refractivity contribution in [3.8, 4) is 0 Å². The third kappa shape index (κ3) is 3.05. The molecule has 5 nitrogen and oxygen atoms in total. The van der Waals surface area contributed by atoms with Crippen molar-refractivity contribution in [1.82, 2.24) is 10.3 Å². The fraction of sp³-hybridized carbons (Fsp3) is 0.263. The minimum absolute atomic E-state index is 0.0514. The van der Waals surface area contributed by atoms with Crippen LogP contribution < -0.4 is 16.0 Å². The Balaban J connectivity index is 1.41. The number of aryl methyl sites for hydroxylation is 1. The Morgan fingerprint density at radius 3 is 3.08 bits per heavy atom. The normalized spacial score (nSPS) is 13.2. The molecule has 128 valence electrons. The van der Waals surface area contributed by atoms with Crippen LogP contribution in [0.1, 0.15) is 21.5 Å². The molecule has 1 aromatic heterocycles. The Morgan fingerprint density at radius 1 is 1.36 bits per heavy atom. The lowest BCUT2D eigenvalue weighted by Crippen LogP contribution is -2.34. The Bertz CT molecular complexity index is 950. The third-order valence-electron chi connectivity index (χ3n) is 4.61. The zero-order chi connectivity index (χ0) is 17.4. The summed E-state index contributed by atoms with van der Waals surface area (Å²) in [7, 11) is 0. The molecule has 0 unspecified atom stereocenters. The predicted octanol–water partition coefficient (Wildman–Crippen LogP) is 2.98. The highest BCUT2D eigenvalue weighted by Gasteiger charge is 2.18. The molecule has 0 saturated heterocycles. The lowest BCUT2D eigenvalue weighted by molar-refractivity contribution is 0.0954. The smallest absolute Gasteiger partial charge is 0.251 e. The summed E-state index contributed by atoms with van der Waals surface area (Å²) in [6, 6.07) is 12.2. The van der Waals surface area contributed by atoms with Crippen LogP contribution in [0.2, 0.25) is 0 Å². The van der Waals surface area contributed by atoms with E-state index < -0.39 is 0 Å². The number of anilines is 2. The molecule has 0 aliphatic carbocycles. The van der Waals surface area contributed by atoms with Crippen LogP contribution in [0, 0.1) is 6.92 Å². The molecular weight excluding hydrogens is 332 g/mol. The molecule has 0 bridgehead atoms. The summed E-state index contributed by atoms with van der Waals surface area (Å²) in [5.41, 5.74) is 11.0. The first-order valence-electron chi connectivity index (χ1n) is 8.39. The fourth-order valence-electron chi connectivity index (χ4n) is 3.39. The van der Waals surface area contributed by atoms with Crippen LogP contribution in [0.5, 0.6) is 0 Å². The number of hydrogen-bond donors (Lipinski definition) is 2. The number of nitrogens with one attached hydrogen (secondary N) is 1. The summed E-state index contributed by atoms with van der Waals surface area (Å²) in [5, 5.41) is 3.56. The topological polar surface area (TPSA) is 71.2 Å². The zero-order valence-corrected chi connectivity index (χ0v) is 14.9. The number of aromatic nitrogens is 1. The minimum atomic E-state index is -0.0514. The number of amides is 1. The second-order valence-corrected chi connectivity index (χ2v) is 7.38. The van der Waals surface area contributed by atoms with Crippen molar-refractivity contribution >= 4 is 38.3 Å². The van der Waals surface area contributed by atoms with E-state index in [0.717, 1.165) is 35.3 Å². The average molecular weight is 352 g/mol. The second kappa shape index (κ2) is 6.37. The van der Waals surface area contributed by atoms with Gasteiger partial charge in [-0.25, -0.2) is 4.98 Å². The van der Waals surface area contributed by atoms with Gasteiger partial charge in [0.05, 0.1) is 10.2 Å². The van der Waals surface area contributed by atoms with Gasteiger partial charge >= 0.3 is 0 Å². The first kappa shape index (κ1) is 15.9. The number of hydrogen-bond acceptors (Lipinski definition) is 5. The van der Waals surface area contributed by atoms with Crippen molar-refractivity contribution in [2.24, 2.45) is 0 Å². The number of carbonyl (C=O) groups excluding carboxylic acids is 1. The maximum absolute atomic E-state index is 12.5. The Labute approximate surface area is 150 Å². The highest BCUT2D eigenvalue weighted by molar-refractivity contribution is 7.22. The molecule has 0 radical (unpaired) electrons. The molecule has 2 aromatic carbocycles. The van der Waals surface area contributed by atoms with Gasteiger partial charge in [0.1, 0.15) is 0 Å². The van der Waals surface area contributed by atoms with Crippen molar-refractivity contribution in [2.45, 2.75) is 13.3 Å². The van der Waals surface area contributed by atoms with Gasteiger partial charge in [-0.3, -0.25) is 4.79 Å². The summed E-state index contributed by atoms with van der Waals surface area (Å²) in [6.07, 6.45) is 1.08.